The lowest BCUT2D eigenvalue weighted by molar-refractivity contribution is -0.521. The van der Waals surface area contributed by atoms with Crippen LogP contribution in [0.1, 0.15) is 56.8 Å². The molecular formula is C20H30N5O2+. The lowest BCUT2D eigenvalue weighted by Gasteiger charge is -2.11. The Morgan fingerprint density at radius 2 is 1.93 bits per heavy atom. The second kappa shape index (κ2) is 9.97. The number of hydrogen-bond donors (Lipinski definition) is 4. The number of hydrogen-bond acceptors (Lipinski definition) is 4. The molecule has 0 spiro atoms. The first-order chi connectivity index (χ1) is 12.9. The monoisotopic (exact) mass is 372 g/mol. The van der Waals surface area contributed by atoms with Gasteiger partial charge in [-0.3, -0.25) is 14.9 Å². The Morgan fingerprint density at radius 1 is 1.26 bits per heavy atom. The second-order valence-electron chi connectivity index (χ2n) is 7.29. The summed E-state index contributed by atoms with van der Waals surface area (Å²) in [5.41, 5.74) is 9.91. The zero-order valence-electron chi connectivity index (χ0n) is 16.3. The van der Waals surface area contributed by atoms with Gasteiger partial charge in [0.1, 0.15) is 11.4 Å². The Morgan fingerprint density at radius 3 is 2.44 bits per heavy atom. The minimum absolute atomic E-state index is 0.106. The molecular weight excluding hydrogens is 342 g/mol. The maximum Gasteiger partial charge on any atom is 0.277 e. The maximum absolute atomic E-state index is 12.5. The van der Waals surface area contributed by atoms with Gasteiger partial charge in [0.25, 0.3) is 11.8 Å². The average Bonchev–Trinajstić information content (AvgIpc) is 3.44. The highest BCUT2D eigenvalue weighted by Gasteiger charge is 2.27. The SMILES string of the molecule is CCNC(=O)c1ccc([NH2+]/C(CCC(C)C)=C(\N=N)C(=O)NC2CC2)cc1. The lowest BCUT2D eigenvalue weighted by Crippen LogP contribution is -2.76. The van der Waals surface area contributed by atoms with Crippen molar-refractivity contribution >= 4 is 17.5 Å². The number of nitrogens with two attached hydrogens (primary N) is 1. The smallest absolute Gasteiger partial charge is 0.277 e. The molecule has 2 amide bonds. The highest BCUT2D eigenvalue weighted by atomic mass is 16.2. The molecule has 5 N–H and O–H groups in total. The molecule has 146 valence electrons. The number of carbonyl (C=O) groups excluding carboxylic acids is 2. The third kappa shape index (κ3) is 6.60. The summed E-state index contributed by atoms with van der Waals surface area (Å²) >= 11 is 0. The fraction of sp³-hybridized carbons (Fsp3) is 0.500. The Labute approximate surface area is 160 Å². The van der Waals surface area contributed by atoms with Crippen LogP contribution in [0.15, 0.2) is 40.8 Å². The van der Waals surface area contributed by atoms with E-state index in [1.54, 1.807) is 12.1 Å². The molecule has 0 saturated heterocycles. The third-order valence-electron chi connectivity index (χ3n) is 4.39. The number of allylic oxidation sites excluding steroid dienone is 1. The highest BCUT2D eigenvalue weighted by Crippen LogP contribution is 2.20. The molecule has 1 saturated carbocycles. The quantitative estimate of drug-likeness (QED) is 0.287. The number of nitrogens with zero attached hydrogens (tertiary/aromatic N) is 1. The summed E-state index contributed by atoms with van der Waals surface area (Å²) in [6.45, 7) is 6.71. The van der Waals surface area contributed by atoms with E-state index in [9.17, 15) is 9.59 Å². The maximum atomic E-state index is 12.5. The van der Waals surface area contributed by atoms with E-state index < -0.39 is 0 Å². The predicted molar refractivity (Wildman–Crippen MR) is 103 cm³/mol. The van der Waals surface area contributed by atoms with E-state index >= 15 is 0 Å². The molecule has 0 unspecified atom stereocenters. The van der Waals surface area contributed by atoms with Crippen LogP contribution >= 0.6 is 0 Å². The van der Waals surface area contributed by atoms with Crippen LogP contribution in [0.25, 0.3) is 0 Å². The van der Waals surface area contributed by atoms with E-state index in [1.165, 1.54) is 0 Å². The van der Waals surface area contributed by atoms with Crippen molar-refractivity contribution in [3.8, 4) is 0 Å². The minimum atomic E-state index is -0.276. The first-order valence-corrected chi connectivity index (χ1v) is 9.59. The molecule has 1 fully saturated rings. The van der Waals surface area contributed by atoms with Gasteiger partial charge in [-0.05, 0) is 44.2 Å². The van der Waals surface area contributed by atoms with Crippen LogP contribution < -0.4 is 16.0 Å². The molecule has 0 radical (unpaired) electrons. The summed E-state index contributed by atoms with van der Waals surface area (Å²) in [4.78, 5) is 24.3. The van der Waals surface area contributed by atoms with Crippen molar-refractivity contribution < 1.29 is 14.9 Å². The second-order valence-corrected chi connectivity index (χ2v) is 7.29. The van der Waals surface area contributed by atoms with Gasteiger partial charge in [-0.1, -0.05) is 13.8 Å². The van der Waals surface area contributed by atoms with E-state index in [0.29, 0.717) is 24.4 Å². The average molecular weight is 372 g/mol. The molecule has 2 rings (SSSR count). The van der Waals surface area contributed by atoms with E-state index in [1.807, 2.05) is 24.4 Å². The first kappa shape index (κ1) is 20.8. The number of nitrogens with one attached hydrogen (secondary N) is 3. The number of carbonyl (C=O) groups is 2. The van der Waals surface area contributed by atoms with Crippen molar-refractivity contribution in [2.24, 2.45) is 11.0 Å². The van der Waals surface area contributed by atoms with E-state index in [0.717, 1.165) is 30.6 Å². The summed E-state index contributed by atoms with van der Waals surface area (Å²) in [7, 11) is 0. The van der Waals surface area contributed by atoms with Gasteiger partial charge in [0.05, 0.1) is 0 Å². The summed E-state index contributed by atoms with van der Waals surface area (Å²) in [5.74, 6) is 0.0960. The summed E-state index contributed by atoms with van der Waals surface area (Å²) < 4.78 is 0. The number of rotatable bonds is 10. The number of benzene rings is 1. The molecule has 1 aliphatic rings. The van der Waals surface area contributed by atoms with Gasteiger partial charge in [-0.25, -0.2) is 5.53 Å². The molecule has 7 nitrogen and oxygen atoms in total. The van der Waals surface area contributed by atoms with Crippen molar-refractivity contribution in [3.63, 3.8) is 0 Å². The molecule has 1 aromatic carbocycles. The van der Waals surface area contributed by atoms with Crippen molar-refractivity contribution in [2.75, 3.05) is 6.54 Å². The van der Waals surface area contributed by atoms with Gasteiger partial charge in [0.2, 0.25) is 5.70 Å². The Kier molecular flexibility index (Phi) is 7.67. The molecule has 0 bridgehead atoms. The Bertz CT molecular complexity index is 706. The summed E-state index contributed by atoms with van der Waals surface area (Å²) in [5, 5.41) is 11.1. The first-order valence-electron chi connectivity index (χ1n) is 9.59. The molecule has 27 heavy (non-hydrogen) atoms. The number of amides is 2. The standard InChI is InChI=1S/C20H29N5O2/c1-4-22-19(26)14-6-8-15(9-7-14)23-17(12-5-13(2)3)18(25-21)20(27)24-16-10-11-16/h6-9,13,16,21,23H,4-5,10-12H2,1-3H3,(H,22,26)(H,24,27)/p+1/b18-17-,25-21?. The van der Waals surface area contributed by atoms with Crippen LogP contribution in [0.4, 0.5) is 5.69 Å². The van der Waals surface area contributed by atoms with Gasteiger partial charge in [0, 0.05) is 36.7 Å². The zero-order chi connectivity index (χ0) is 19.8. The summed E-state index contributed by atoms with van der Waals surface area (Å²) in [6.07, 6.45) is 3.55. The van der Waals surface area contributed by atoms with Crippen molar-refractivity contribution in [3.05, 3.63) is 41.2 Å². The molecule has 0 atom stereocenters. The molecule has 7 heteroatoms. The van der Waals surface area contributed by atoms with E-state index in [2.05, 4.69) is 29.6 Å². The van der Waals surface area contributed by atoms with Gasteiger partial charge in [0.15, 0.2) is 0 Å². The van der Waals surface area contributed by atoms with Crippen molar-refractivity contribution in [1.29, 1.82) is 5.53 Å². The van der Waals surface area contributed by atoms with Crippen LogP contribution in [-0.2, 0) is 4.79 Å². The van der Waals surface area contributed by atoms with Crippen molar-refractivity contribution in [2.45, 2.75) is 52.5 Å². The fourth-order valence-corrected chi connectivity index (χ4v) is 2.65. The lowest BCUT2D eigenvalue weighted by atomic mass is 10.0. The zero-order valence-corrected chi connectivity index (χ0v) is 16.3. The molecule has 0 heterocycles. The predicted octanol–water partition coefficient (Wildman–Crippen LogP) is 2.59. The topological polar surface area (TPSA) is 111 Å². The third-order valence-corrected chi connectivity index (χ3v) is 4.39. The van der Waals surface area contributed by atoms with E-state index in [4.69, 9.17) is 5.53 Å². The Balaban J connectivity index is 2.19. The van der Waals surface area contributed by atoms with Gasteiger partial charge in [-0.2, -0.15) is 0 Å². The Hall–Kier alpha value is -2.54. The fourth-order valence-electron chi connectivity index (χ4n) is 2.65. The van der Waals surface area contributed by atoms with Gasteiger partial charge >= 0.3 is 0 Å². The van der Waals surface area contributed by atoms with Crippen LogP contribution in [-0.4, -0.2) is 24.4 Å². The molecule has 1 aliphatic carbocycles. The number of quaternary nitrogens is 1. The minimum Gasteiger partial charge on any atom is -0.352 e. The van der Waals surface area contributed by atoms with Crippen LogP contribution in [0.5, 0.6) is 0 Å². The van der Waals surface area contributed by atoms with Gasteiger partial charge in [-0.15, -0.1) is 5.11 Å². The normalized spacial score (nSPS) is 14.5. The van der Waals surface area contributed by atoms with Gasteiger partial charge < -0.3 is 10.6 Å². The molecule has 0 aromatic heterocycles. The summed E-state index contributed by atoms with van der Waals surface area (Å²) in [6, 6.07) is 7.44. The highest BCUT2D eigenvalue weighted by molar-refractivity contribution is 5.94. The van der Waals surface area contributed by atoms with Crippen LogP contribution in [0.2, 0.25) is 0 Å². The molecule has 1 aromatic rings. The van der Waals surface area contributed by atoms with E-state index in [-0.39, 0.29) is 23.6 Å². The molecule has 0 aliphatic heterocycles. The van der Waals surface area contributed by atoms with Crippen molar-refractivity contribution in [1.82, 2.24) is 10.6 Å². The largest absolute Gasteiger partial charge is 0.352 e. The van der Waals surface area contributed by atoms with Crippen LogP contribution in [0, 0.1) is 11.4 Å². The van der Waals surface area contributed by atoms with Crippen LogP contribution in [0.3, 0.4) is 0 Å².